The van der Waals surface area contributed by atoms with Gasteiger partial charge in [0.15, 0.2) is 17.6 Å². The summed E-state index contributed by atoms with van der Waals surface area (Å²) in [6.07, 6.45) is 2.15. The van der Waals surface area contributed by atoms with E-state index in [-0.39, 0.29) is 12.0 Å². The van der Waals surface area contributed by atoms with E-state index < -0.39 is 0 Å². The van der Waals surface area contributed by atoms with E-state index in [4.69, 9.17) is 19.2 Å². The summed E-state index contributed by atoms with van der Waals surface area (Å²) in [7, 11) is 0. The molecule has 7 nitrogen and oxygen atoms in total. The average Bonchev–Trinajstić information content (AvgIpc) is 3.49. The average molecular weight is 562 g/mol. The van der Waals surface area contributed by atoms with Crippen molar-refractivity contribution < 1.29 is 19.0 Å². The van der Waals surface area contributed by atoms with Crippen LogP contribution in [0.2, 0.25) is 0 Å². The summed E-state index contributed by atoms with van der Waals surface area (Å²) in [5.74, 6) is 2.43. The zero-order valence-corrected chi connectivity index (χ0v) is 23.5. The highest BCUT2D eigenvalue weighted by atomic mass is 32.2. The third-order valence-corrected chi connectivity index (χ3v) is 8.49. The fraction of sp³-hybridized carbons (Fsp3) is 0.333. The highest BCUT2D eigenvalue weighted by Gasteiger charge is 2.27. The van der Waals surface area contributed by atoms with Gasteiger partial charge < -0.3 is 24.0 Å². The van der Waals surface area contributed by atoms with Gasteiger partial charge in [0.05, 0.1) is 31.7 Å². The topological polar surface area (TPSA) is 64.1 Å². The first kappa shape index (κ1) is 26.0. The van der Waals surface area contributed by atoms with Crippen LogP contribution in [0.5, 0.6) is 11.5 Å². The summed E-state index contributed by atoms with van der Waals surface area (Å²) in [5.41, 5.74) is 3.01. The Balaban J connectivity index is 1.33. The van der Waals surface area contributed by atoms with E-state index in [1.807, 2.05) is 46.0 Å². The normalized spacial score (nSPS) is 16.8. The molecule has 6 rings (SSSR count). The lowest BCUT2D eigenvalue weighted by Crippen LogP contribution is -2.44. The Morgan fingerprint density at radius 1 is 1.13 bits per heavy atom. The Kier molecular flexibility index (Phi) is 7.90. The van der Waals surface area contributed by atoms with Crippen molar-refractivity contribution in [2.24, 2.45) is 0 Å². The zero-order chi connectivity index (χ0) is 26.6. The molecule has 2 aliphatic heterocycles. The Morgan fingerprint density at radius 3 is 2.77 bits per heavy atom. The Labute approximate surface area is 236 Å². The minimum atomic E-state index is -0.268. The lowest BCUT2D eigenvalue weighted by atomic mass is 10.1. The van der Waals surface area contributed by atoms with Crippen molar-refractivity contribution in [3.63, 3.8) is 0 Å². The second-order valence-corrected chi connectivity index (χ2v) is 11.4. The molecule has 202 valence electrons. The maximum Gasteiger partial charge on any atom is 0.227 e. The standard InChI is InChI=1S/C30H31N3O4S2/c1-38-25-7-6-22-15-23(30(31-26(22)16-25)32-9-11-35-12-10-32)17-33(29(34)14-21-8-13-39-20-21)18-24-19-36-27-4-2-3-5-28(27)37-24/h2-8,13,15-16,20,24H,9-12,14,17-19H2,1H3. The summed E-state index contributed by atoms with van der Waals surface area (Å²) >= 11 is 3.31. The third-order valence-electron chi connectivity index (χ3n) is 7.03. The number of pyridine rings is 1. The molecular weight excluding hydrogens is 530 g/mol. The van der Waals surface area contributed by atoms with Crippen LogP contribution in [0.25, 0.3) is 10.9 Å². The number of ether oxygens (including phenoxy) is 3. The maximum atomic E-state index is 13.7. The number of fused-ring (bicyclic) bond motifs is 2. The van der Waals surface area contributed by atoms with Crippen molar-refractivity contribution >= 4 is 45.7 Å². The molecule has 1 fully saturated rings. The van der Waals surface area contributed by atoms with Crippen LogP contribution in [0.4, 0.5) is 5.82 Å². The fourth-order valence-corrected chi connectivity index (χ4v) is 6.11. The maximum absolute atomic E-state index is 13.7. The number of morpholine rings is 1. The molecule has 0 N–H and O–H groups in total. The van der Waals surface area contributed by atoms with E-state index in [0.29, 0.717) is 45.1 Å². The number of rotatable bonds is 8. The smallest absolute Gasteiger partial charge is 0.227 e. The molecule has 2 aliphatic rings. The predicted octanol–water partition coefficient (Wildman–Crippen LogP) is 5.27. The molecule has 1 atom stereocenters. The summed E-state index contributed by atoms with van der Waals surface area (Å²) in [6, 6.07) is 18.3. The molecule has 39 heavy (non-hydrogen) atoms. The summed E-state index contributed by atoms with van der Waals surface area (Å²) in [5, 5.41) is 5.11. The lowest BCUT2D eigenvalue weighted by molar-refractivity contribution is -0.132. The molecule has 4 aromatic rings. The molecule has 2 aromatic heterocycles. The number of thiophene rings is 1. The second-order valence-electron chi connectivity index (χ2n) is 9.71. The van der Waals surface area contributed by atoms with Gasteiger partial charge in [0.2, 0.25) is 5.91 Å². The van der Waals surface area contributed by atoms with Crippen LogP contribution in [-0.4, -0.2) is 67.6 Å². The van der Waals surface area contributed by atoms with E-state index in [2.05, 4.69) is 35.4 Å². The molecule has 0 spiro atoms. The Morgan fingerprint density at radius 2 is 1.97 bits per heavy atom. The van der Waals surface area contributed by atoms with Gasteiger partial charge in [-0.2, -0.15) is 11.3 Å². The van der Waals surface area contributed by atoms with Crippen LogP contribution in [0.1, 0.15) is 11.1 Å². The van der Waals surface area contributed by atoms with Crippen LogP contribution in [0, 0.1) is 0 Å². The minimum absolute atomic E-state index is 0.0570. The third kappa shape index (κ3) is 6.00. The molecule has 9 heteroatoms. The summed E-state index contributed by atoms with van der Waals surface area (Å²) < 4.78 is 17.9. The quantitative estimate of drug-likeness (QED) is 0.272. The monoisotopic (exact) mass is 561 g/mol. The molecule has 1 saturated heterocycles. The van der Waals surface area contributed by atoms with Crippen molar-refractivity contribution in [3.05, 3.63) is 76.5 Å². The van der Waals surface area contributed by atoms with Crippen LogP contribution in [0.15, 0.2) is 70.3 Å². The van der Waals surface area contributed by atoms with Gasteiger partial charge in [-0.3, -0.25) is 4.79 Å². The first-order valence-electron chi connectivity index (χ1n) is 13.1. The van der Waals surface area contributed by atoms with Crippen molar-refractivity contribution in [1.29, 1.82) is 0 Å². The van der Waals surface area contributed by atoms with Crippen molar-refractivity contribution in [1.82, 2.24) is 9.88 Å². The molecule has 0 saturated carbocycles. The number of amides is 1. The molecule has 1 unspecified atom stereocenters. The van der Waals surface area contributed by atoms with Gasteiger partial charge in [-0.25, -0.2) is 4.98 Å². The number of hydrogen-bond donors (Lipinski definition) is 0. The van der Waals surface area contributed by atoms with E-state index >= 15 is 0 Å². The zero-order valence-electron chi connectivity index (χ0n) is 21.9. The fourth-order valence-electron chi connectivity index (χ4n) is 5.01. The number of thioether (sulfide) groups is 1. The van der Waals surface area contributed by atoms with Gasteiger partial charge in [0.25, 0.3) is 0 Å². The Bertz CT molecular complexity index is 1440. The largest absolute Gasteiger partial charge is 0.486 e. The van der Waals surface area contributed by atoms with E-state index in [1.165, 1.54) is 4.90 Å². The molecule has 0 bridgehead atoms. The number of aromatic nitrogens is 1. The van der Waals surface area contributed by atoms with E-state index in [9.17, 15) is 4.79 Å². The summed E-state index contributed by atoms with van der Waals surface area (Å²) in [6.45, 7) is 4.12. The van der Waals surface area contributed by atoms with E-state index in [0.717, 1.165) is 46.7 Å². The SMILES string of the molecule is CSc1ccc2cc(CN(CC3COc4ccccc4O3)C(=O)Cc3ccsc3)c(N3CCOCC3)nc2c1. The highest BCUT2D eigenvalue weighted by molar-refractivity contribution is 7.98. The molecule has 2 aromatic carbocycles. The number of carbonyl (C=O) groups excluding carboxylic acids is 1. The van der Waals surface area contributed by atoms with E-state index in [1.54, 1.807) is 23.1 Å². The molecule has 0 aliphatic carbocycles. The highest BCUT2D eigenvalue weighted by Crippen LogP contribution is 2.32. The summed E-state index contributed by atoms with van der Waals surface area (Å²) in [4.78, 5) is 24.2. The van der Waals surface area contributed by atoms with Gasteiger partial charge in [-0.1, -0.05) is 18.2 Å². The van der Waals surface area contributed by atoms with Crippen molar-refractivity contribution in [3.8, 4) is 11.5 Å². The Hall–Kier alpha value is -3.27. The van der Waals surface area contributed by atoms with Crippen molar-refractivity contribution in [2.75, 3.05) is 50.6 Å². The van der Waals surface area contributed by atoms with Gasteiger partial charge in [-0.15, -0.1) is 11.8 Å². The molecule has 4 heterocycles. The second kappa shape index (κ2) is 11.9. The van der Waals surface area contributed by atoms with Crippen LogP contribution in [-0.2, 0) is 22.5 Å². The number of benzene rings is 2. The lowest BCUT2D eigenvalue weighted by Gasteiger charge is -2.33. The van der Waals surface area contributed by atoms with Gasteiger partial charge in [0.1, 0.15) is 12.4 Å². The number of nitrogens with zero attached hydrogens (tertiary/aromatic N) is 3. The molecule has 0 radical (unpaired) electrons. The van der Waals surface area contributed by atoms with Gasteiger partial charge in [0, 0.05) is 35.5 Å². The van der Waals surface area contributed by atoms with Gasteiger partial charge >= 0.3 is 0 Å². The minimum Gasteiger partial charge on any atom is -0.486 e. The van der Waals surface area contributed by atoms with Crippen LogP contribution >= 0.6 is 23.1 Å². The predicted molar refractivity (Wildman–Crippen MR) is 156 cm³/mol. The number of para-hydroxylation sites is 2. The number of carbonyl (C=O) groups is 1. The van der Waals surface area contributed by atoms with Crippen LogP contribution in [0.3, 0.4) is 0 Å². The first-order chi connectivity index (χ1) is 19.2. The van der Waals surface area contributed by atoms with Gasteiger partial charge in [-0.05, 0) is 59.0 Å². The first-order valence-corrected chi connectivity index (χ1v) is 15.3. The van der Waals surface area contributed by atoms with Crippen LogP contribution < -0.4 is 14.4 Å². The molecular formula is C30H31N3O4S2. The number of anilines is 1. The molecule has 1 amide bonds. The number of hydrogen-bond acceptors (Lipinski definition) is 8. The van der Waals surface area contributed by atoms with Crippen molar-refractivity contribution in [2.45, 2.75) is 24.0 Å².